The van der Waals surface area contributed by atoms with Crippen LogP contribution < -0.4 is 10.2 Å². The highest BCUT2D eigenvalue weighted by molar-refractivity contribution is 6.37. The van der Waals surface area contributed by atoms with Crippen LogP contribution in [-0.4, -0.2) is 60.8 Å². The Bertz CT molecular complexity index is 1510. The maximum Gasteiger partial charge on any atom is 0.245 e. The van der Waals surface area contributed by atoms with Crippen molar-refractivity contribution in [3.63, 3.8) is 0 Å². The molecule has 11 heteroatoms. The number of aryl methyl sites for hydroxylation is 1. The largest absolute Gasteiger partial charge is 0.378 e. The third-order valence-corrected chi connectivity index (χ3v) is 6.50. The van der Waals surface area contributed by atoms with E-state index in [1.54, 1.807) is 17.2 Å². The van der Waals surface area contributed by atoms with Crippen molar-refractivity contribution in [1.29, 1.82) is 0 Å². The number of aromatic nitrogens is 7. The molecule has 2 aromatic carbocycles. The number of nitrogens with one attached hydrogen (secondary N) is 1. The van der Waals surface area contributed by atoms with Gasteiger partial charge in [0, 0.05) is 54.2 Å². The summed E-state index contributed by atoms with van der Waals surface area (Å²) in [6.45, 7) is 5.83. The van der Waals surface area contributed by atoms with Gasteiger partial charge in [-0.2, -0.15) is 10.1 Å². The third-order valence-electron chi connectivity index (χ3n) is 6.12. The van der Waals surface area contributed by atoms with Crippen molar-refractivity contribution in [1.82, 2.24) is 34.5 Å². The van der Waals surface area contributed by atoms with Gasteiger partial charge in [0.25, 0.3) is 0 Å². The second-order valence-electron chi connectivity index (χ2n) is 8.40. The van der Waals surface area contributed by atoms with Crippen LogP contribution in [0.4, 0.5) is 17.6 Å². The Balaban J connectivity index is 1.21. The molecule has 10 nitrogen and oxygen atoms in total. The smallest absolute Gasteiger partial charge is 0.245 e. The van der Waals surface area contributed by atoms with Crippen LogP contribution in [0.5, 0.6) is 0 Å². The highest BCUT2D eigenvalue weighted by Crippen LogP contribution is 2.33. The van der Waals surface area contributed by atoms with Crippen molar-refractivity contribution in [3.05, 3.63) is 66.3 Å². The molecule has 1 fully saturated rings. The summed E-state index contributed by atoms with van der Waals surface area (Å²) in [6.07, 6.45) is 7.29. The van der Waals surface area contributed by atoms with Gasteiger partial charge in [-0.3, -0.25) is 4.68 Å². The molecule has 0 amide bonds. The van der Waals surface area contributed by atoms with Crippen LogP contribution in [0.2, 0.25) is 5.02 Å². The lowest BCUT2D eigenvalue weighted by molar-refractivity contribution is 0.122. The fraction of sp³-hybridized carbons (Fsp3) is 0.240. The van der Waals surface area contributed by atoms with Gasteiger partial charge in [0.1, 0.15) is 6.33 Å². The van der Waals surface area contributed by atoms with Crippen LogP contribution >= 0.6 is 11.6 Å². The number of anilines is 3. The van der Waals surface area contributed by atoms with Crippen LogP contribution in [0.1, 0.15) is 6.92 Å². The predicted octanol–water partition coefficient (Wildman–Crippen LogP) is 4.33. The summed E-state index contributed by atoms with van der Waals surface area (Å²) in [7, 11) is 0. The number of nitrogens with zero attached hydrogens (tertiary/aromatic N) is 8. The molecular weight excluding hydrogens is 478 g/mol. The molecule has 1 N–H and O–H groups in total. The lowest BCUT2D eigenvalue weighted by Gasteiger charge is -2.25. The van der Waals surface area contributed by atoms with Gasteiger partial charge in [-0.1, -0.05) is 23.7 Å². The van der Waals surface area contributed by atoms with E-state index in [9.17, 15) is 0 Å². The average molecular weight is 502 g/mol. The number of ether oxygens (including phenoxy) is 1. The molecule has 0 aliphatic carbocycles. The van der Waals surface area contributed by atoms with E-state index in [4.69, 9.17) is 21.3 Å². The average Bonchev–Trinajstić information content (AvgIpc) is 3.61. The second-order valence-corrected chi connectivity index (χ2v) is 8.78. The minimum absolute atomic E-state index is 0.467. The number of hydrogen-bond acceptors (Lipinski definition) is 8. The number of halogens is 1. The molecule has 0 spiro atoms. The van der Waals surface area contributed by atoms with Crippen molar-refractivity contribution in [2.75, 3.05) is 36.5 Å². The molecule has 0 atom stereocenters. The molecular formula is C25H24ClN9O. The fourth-order valence-electron chi connectivity index (χ4n) is 4.14. The molecule has 5 aromatic rings. The number of benzene rings is 2. The SMILES string of the molecule is CCn1cc(-c2ccc3cnc(Nc4ccc(-n5cnc(N6CCOCC6)n5)cc4)nc3c2Cl)cn1. The zero-order chi connectivity index (χ0) is 24.5. The minimum Gasteiger partial charge on any atom is -0.378 e. The Labute approximate surface area is 212 Å². The molecule has 4 heterocycles. The normalized spacial score (nSPS) is 13.9. The van der Waals surface area contributed by atoms with E-state index in [0.29, 0.717) is 35.6 Å². The zero-order valence-corrected chi connectivity index (χ0v) is 20.4. The molecule has 1 aliphatic rings. The van der Waals surface area contributed by atoms with Gasteiger partial charge in [-0.05, 0) is 31.2 Å². The summed E-state index contributed by atoms with van der Waals surface area (Å²) in [5.41, 5.74) is 4.29. The highest BCUT2D eigenvalue weighted by atomic mass is 35.5. The molecule has 3 aromatic heterocycles. The summed E-state index contributed by atoms with van der Waals surface area (Å²) >= 11 is 6.77. The summed E-state index contributed by atoms with van der Waals surface area (Å²) in [4.78, 5) is 15.7. The third kappa shape index (κ3) is 4.36. The van der Waals surface area contributed by atoms with E-state index in [0.717, 1.165) is 47.5 Å². The first kappa shape index (κ1) is 22.4. The summed E-state index contributed by atoms with van der Waals surface area (Å²) in [5, 5.41) is 13.7. The molecule has 182 valence electrons. The Hall–Kier alpha value is -4.02. The summed E-state index contributed by atoms with van der Waals surface area (Å²) in [6, 6.07) is 11.8. The number of fused-ring (bicyclic) bond motifs is 1. The van der Waals surface area contributed by atoms with Crippen LogP contribution in [0.3, 0.4) is 0 Å². The maximum atomic E-state index is 6.77. The Morgan fingerprint density at radius 1 is 1.03 bits per heavy atom. The second kappa shape index (κ2) is 9.56. The molecule has 0 unspecified atom stereocenters. The number of morpholine rings is 1. The van der Waals surface area contributed by atoms with E-state index in [-0.39, 0.29) is 0 Å². The van der Waals surface area contributed by atoms with E-state index < -0.39 is 0 Å². The molecule has 0 saturated carbocycles. The summed E-state index contributed by atoms with van der Waals surface area (Å²) < 4.78 is 9.04. The van der Waals surface area contributed by atoms with E-state index >= 15 is 0 Å². The molecule has 36 heavy (non-hydrogen) atoms. The van der Waals surface area contributed by atoms with E-state index in [2.05, 4.69) is 30.4 Å². The van der Waals surface area contributed by atoms with Gasteiger partial charge in [0.05, 0.1) is 35.6 Å². The van der Waals surface area contributed by atoms with Crippen LogP contribution in [0, 0.1) is 0 Å². The Kier molecular flexibility index (Phi) is 5.96. The quantitative estimate of drug-likeness (QED) is 0.367. The van der Waals surface area contributed by atoms with E-state index in [1.807, 2.05) is 60.4 Å². The first-order valence-electron chi connectivity index (χ1n) is 11.8. The van der Waals surface area contributed by atoms with Crippen molar-refractivity contribution in [2.45, 2.75) is 13.5 Å². The van der Waals surface area contributed by atoms with Gasteiger partial charge in [0.15, 0.2) is 0 Å². The zero-order valence-electron chi connectivity index (χ0n) is 19.7. The maximum absolute atomic E-state index is 6.77. The van der Waals surface area contributed by atoms with Gasteiger partial charge >= 0.3 is 0 Å². The Morgan fingerprint density at radius 3 is 2.64 bits per heavy atom. The molecule has 1 aliphatic heterocycles. The topological polar surface area (TPSA) is 98.8 Å². The van der Waals surface area contributed by atoms with Gasteiger partial charge in [-0.15, -0.1) is 5.10 Å². The molecule has 1 saturated heterocycles. The molecule has 0 bridgehead atoms. The van der Waals surface area contributed by atoms with Crippen molar-refractivity contribution < 1.29 is 4.74 Å². The fourth-order valence-corrected chi connectivity index (χ4v) is 4.46. The highest BCUT2D eigenvalue weighted by Gasteiger charge is 2.16. The Morgan fingerprint density at radius 2 is 1.86 bits per heavy atom. The number of hydrogen-bond donors (Lipinski definition) is 1. The molecule has 0 radical (unpaired) electrons. The molecule has 6 rings (SSSR count). The van der Waals surface area contributed by atoms with Crippen LogP contribution in [-0.2, 0) is 11.3 Å². The number of rotatable bonds is 6. The van der Waals surface area contributed by atoms with Gasteiger partial charge in [-0.25, -0.2) is 14.6 Å². The van der Waals surface area contributed by atoms with Crippen molar-refractivity contribution >= 4 is 40.1 Å². The lowest BCUT2D eigenvalue weighted by Crippen LogP contribution is -2.37. The van der Waals surface area contributed by atoms with Crippen LogP contribution in [0.15, 0.2) is 61.3 Å². The first-order valence-corrected chi connectivity index (χ1v) is 12.2. The van der Waals surface area contributed by atoms with Crippen molar-refractivity contribution in [3.8, 4) is 16.8 Å². The van der Waals surface area contributed by atoms with Crippen molar-refractivity contribution in [2.24, 2.45) is 0 Å². The first-order chi connectivity index (χ1) is 17.7. The predicted molar refractivity (Wildman–Crippen MR) is 139 cm³/mol. The lowest BCUT2D eigenvalue weighted by atomic mass is 10.1. The monoisotopic (exact) mass is 501 g/mol. The van der Waals surface area contributed by atoms with Crippen LogP contribution in [0.25, 0.3) is 27.7 Å². The van der Waals surface area contributed by atoms with Gasteiger partial charge in [0.2, 0.25) is 11.9 Å². The van der Waals surface area contributed by atoms with E-state index in [1.165, 1.54) is 0 Å². The summed E-state index contributed by atoms with van der Waals surface area (Å²) in [5.74, 6) is 1.18. The minimum atomic E-state index is 0.467. The van der Waals surface area contributed by atoms with Gasteiger partial charge < -0.3 is 15.0 Å². The standard InChI is InChI=1S/C25H24ClN9O/c1-2-34-15-18(14-29-34)21-8-3-17-13-27-24(31-23(17)22(21)26)30-19-4-6-20(7-5-19)35-16-28-25(32-35)33-9-11-36-12-10-33/h3-8,13-16H,2,9-12H2,1H3,(H,27,30,31).